The molecule has 0 saturated carbocycles. The first-order valence-electron chi connectivity index (χ1n) is 4.34. The summed E-state index contributed by atoms with van der Waals surface area (Å²) in [7, 11) is 0. The fraction of sp³-hybridized carbons (Fsp3) is 0.875. The second kappa shape index (κ2) is 7.31. The summed E-state index contributed by atoms with van der Waals surface area (Å²) < 4.78 is 5.32. The molecule has 3 nitrogen and oxygen atoms in total. The first-order chi connectivity index (χ1) is 5.70. The highest BCUT2D eigenvalue weighted by molar-refractivity contribution is 7.80. The van der Waals surface area contributed by atoms with Crippen LogP contribution in [0.4, 0.5) is 0 Å². The van der Waals surface area contributed by atoms with Gasteiger partial charge in [-0.15, -0.1) is 0 Å². The molecule has 0 spiro atoms. The zero-order chi connectivity index (χ0) is 9.40. The molecule has 12 heavy (non-hydrogen) atoms. The van der Waals surface area contributed by atoms with E-state index in [1.807, 2.05) is 20.8 Å². The summed E-state index contributed by atoms with van der Waals surface area (Å²) in [6, 6.07) is 0. The zero-order valence-electron chi connectivity index (χ0n) is 8.02. The fourth-order valence-corrected chi connectivity index (χ4v) is 1.03. The van der Waals surface area contributed by atoms with Gasteiger partial charge in [-0.25, -0.2) is 0 Å². The Morgan fingerprint density at radius 3 is 2.58 bits per heavy atom. The Hall–Kier alpha value is -0.350. The smallest absolute Gasteiger partial charge is 0.166 e. The molecule has 0 aliphatic heterocycles. The summed E-state index contributed by atoms with van der Waals surface area (Å²) in [6.07, 6.45) is 0.214. The van der Waals surface area contributed by atoms with Crippen LogP contribution in [0.25, 0.3) is 0 Å². The van der Waals surface area contributed by atoms with Crippen LogP contribution in [0.15, 0.2) is 0 Å². The molecule has 0 rings (SSSR count). The maximum atomic E-state index is 5.32. The molecule has 0 heterocycles. The van der Waals surface area contributed by atoms with Crippen molar-refractivity contribution in [2.75, 3.05) is 19.7 Å². The second-order valence-electron chi connectivity index (χ2n) is 2.51. The van der Waals surface area contributed by atoms with Crippen molar-refractivity contribution in [3.05, 3.63) is 0 Å². The van der Waals surface area contributed by atoms with E-state index < -0.39 is 0 Å². The Morgan fingerprint density at radius 2 is 2.08 bits per heavy atom. The Balaban J connectivity index is 3.33. The maximum Gasteiger partial charge on any atom is 0.166 e. The fourth-order valence-electron chi connectivity index (χ4n) is 0.803. The maximum absolute atomic E-state index is 5.32. The van der Waals surface area contributed by atoms with Crippen molar-refractivity contribution < 1.29 is 4.74 Å². The highest BCUT2D eigenvalue weighted by Gasteiger charge is 2.00. The van der Waals surface area contributed by atoms with Crippen molar-refractivity contribution >= 4 is 17.3 Å². The van der Waals surface area contributed by atoms with Crippen LogP contribution >= 0.6 is 12.2 Å². The summed E-state index contributed by atoms with van der Waals surface area (Å²) in [4.78, 5) is 0. The lowest BCUT2D eigenvalue weighted by Gasteiger charge is -2.14. The van der Waals surface area contributed by atoms with E-state index in [1.165, 1.54) is 0 Å². The predicted octanol–water partition coefficient (Wildman–Crippen LogP) is 0.895. The van der Waals surface area contributed by atoms with Crippen molar-refractivity contribution in [2.45, 2.75) is 26.9 Å². The van der Waals surface area contributed by atoms with Gasteiger partial charge in [-0.05, 0) is 33.0 Å². The van der Waals surface area contributed by atoms with Crippen LogP contribution in [0.1, 0.15) is 20.8 Å². The lowest BCUT2D eigenvalue weighted by Crippen LogP contribution is -2.39. The minimum Gasteiger partial charge on any atom is -0.377 e. The molecule has 0 bridgehead atoms. The molecule has 0 aromatic carbocycles. The first-order valence-corrected chi connectivity index (χ1v) is 4.74. The normalized spacial score (nSPS) is 12.2. The van der Waals surface area contributed by atoms with Crippen LogP contribution in [0.5, 0.6) is 0 Å². The van der Waals surface area contributed by atoms with Gasteiger partial charge >= 0.3 is 0 Å². The van der Waals surface area contributed by atoms with E-state index in [0.29, 0.717) is 5.11 Å². The van der Waals surface area contributed by atoms with Crippen molar-refractivity contribution in [3.8, 4) is 0 Å². The summed E-state index contributed by atoms with van der Waals surface area (Å²) in [5, 5.41) is 6.77. The monoisotopic (exact) mass is 190 g/mol. The third kappa shape index (κ3) is 6.37. The Morgan fingerprint density at radius 1 is 1.42 bits per heavy atom. The quantitative estimate of drug-likeness (QED) is 0.631. The summed E-state index contributed by atoms with van der Waals surface area (Å²) >= 11 is 4.98. The van der Waals surface area contributed by atoms with Gasteiger partial charge in [0.05, 0.1) is 6.10 Å². The van der Waals surface area contributed by atoms with Crippen LogP contribution in [-0.4, -0.2) is 30.9 Å². The summed E-state index contributed by atoms with van der Waals surface area (Å²) in [5.41, 5.74) is 0. The van der Waals surface area contributed by atoms with Gasteiger partial charge in [0.25, 0.3) is 0 Å². The highest BCUT2D eigenvalue weighted by atomic mass is 32.1. The van der Waals surface area contributed by atoms with Gasteiger partial charge in [0.1, 0.15) is 0 Å². The van der Waals surface area contributed by atoms with Gasteiger partial charge in [0, 0.05) is 19.7 Å². The van der Waals surface area contributed by atoms with Crippen LogP contribution in [0, 0.1) is 0 Å². The average Bonchev–Trinajstić information content (AvgIpc) is 2.02. The summed E-state index contributed by atoms with van der Waals surface area (Å²) in [5.74, 6) is 0. The molecule has 1 atom stereocenters. The molecule has 0 aliphatic rings. The van der Waals surface area contributed by atoms with Crippen LogP contribution in [-0.2, 0) is 4.74 Å². The largest absolute Gasteiger partial charge is 0.377 e. The van der Waals surface area contributed by atoms with Gasteiger partial charge in [0.15, 0.2) is 5.11 Å². The molecule has 72 valence electrons. The van der Waals surface area contributed by atoms with Gasteiger partial charge < -0.3 is 15.4 Å². The van der Waals surface area contributed by atoms with Gasteiger partial charge in [-0.1, -0.05) is 0 Å². The minimum absolute atomic E-state index is 0.214. The molecule has 0 fully saturated rings. The lowest BCUT2D eigenvalue weighted by atomic mass is 10.4. The van der Waals surface area contributed by atoms with Crippen LogP contribution < -0.4 is 10.6 Å². The molecule has 0 aromatic rings. The molecule has 1 unspecified atom stereocenters. The molecular weight excluding hydrogens is 172 g/mol. The number of ether oxygens (including phenoxy) is 1. The summed E-state index contributed by atoms with van der Waals surface area (Å²) in [6.45, 7) is 8.38. The topological polar surface area (TPSA) is 33.3 Å². The number of nitrogens with one attached hydrogen (secondary N) is 2. The van der Waals surface area contributed by atoms with E-state index in [9.17, 15) is 0 Å². The van der Waals surface area contributed by atoms with Gasteiger partial charge in [-0.3, -0.25) is 0 Å². The Kier molecular flexibility index (Phi) is 7.09. The van der Waals surface area contributed by atoms with Crippen molar-refractivity contribution in [3.63, 3.8) is 0 Å². The Labute approximate surface area is 79.9 Å². The number of rotatable bonds is 5. The SMILES string of the molecule is CCNC(=S)NCC(C)OCC. The highest BCUT2D eigenvalue weighted by Crippen LogP contribution is 1.86. The molecule has 0 aromatic heterocycles. The number of hydrogen-bond donors (Lipinski definition) is 2. The molecule has 4 heteroatoms. The van der Waals surface area contributed by atoms with Crippen molar-refractivity contribution in [1.29, 1.82) is 0 Å². The first kappa shape index (κ1) is 11.6. The Bertz CT molecular complexity index is 130. The van der Waals surface area contributed by atoms with Crippen LogP contribution in [0.3, 0.4) is 0 Å². The minimum atomic E-state index is 0.214. The van der Waals surface area contributed by atoms with E-state index in [0.717, 1.165) is 19.7 Å². The van der Waals surface area contributed by atoms with E-state index in [2.05, 4.69) is 10.6 Å². The van der Waals surface area contributed by atoms with E-state index in [-0.39, 0.29) is 6.10 Å². The third-order valence-electron chi connectivity index (χ3n) is 1.34. The molecule has 0 saturated heterocycles. The zero-order valence-corrected chi connectivity index (χ0v) is 8.83. The molecular formula is C8H18N2OS. The van der Waals surface area contributed by atoms with Crippen molar-refractivity contribution in [1.82, 2.24) is 10.6 Å². The standard InChI is InChI=1S/C8H18N2OS/c1-4-9-8(12)10-6-7(3)11-5-2/h7H,4-6H2,1-3H3,(H2,9,10,12). The molecule has 0 aliphatic carbocycles. The van der Waals surface area contributed by atoms with Gasteiger partial charge in [0.2, 0.25) is 0 Å². The lowest BCUT2D eigenvalue weighted by molar-refractivity contribution is 0.0794. The van der Waals surface area contributed by atoms with Crippen molar-refractivity contribution in [2.24, 2.45) is 0 Å². The number of hydrogen-bond acceptors (Lipinski definition) is 2. The number of thiocarbonyl (C=S) groups is 1. The predicted molar refractivity (Wildman–Crippen MR) is 55.4 cm³/mol. The molecule has 2 N–H and O–H groups in total. The van der Waals surface area contributed by atoms with Crippen LogP contribution in [0.2, 0.25) is 0 Å². The molecule has 0 amide bonds. The van der Waals surface area contributed by atoms with E-state index in [1.54, 1.807) is 0 Å². The van der Waals surface area contributed by atoms with E-state index in [4.69, 9.17) is 17.0 Å². The average molecular weight is 190 g/mol. The third-order valence-corrected chi connectivity index (χ3v) is 1.63. The molecule has 0 radical (unpaired) electrons. The van der Waals surface area contributed by atoms with Gasteiger partial charge in [-0.2, -0.15) is 0 Å². The second-order valence-corrected chi connectivity index (χ2v) is 2.91. The van der Waals surface area contributed by atoms with E-state index >= 15 is 0 Å².